The van der Waals surface area contributed by atoms with E-state index in [1.807, 2.05) is 22.6 Å². The van der Waals surface area contributed by atoms with Crippen LogP contribution in [0.15, 0.2) is 0 Å². The summed E-state index contributed by atoms with van der Waals surface area (Å²) in [5, 5.41) is 0. The number of hydrogen-bond acceptors (Lipinski definition) is 3. The number of ether oxygens (including phenoxy) is 1. The lowest BCUT2D eigenvalue weighted by Gasteiger charge is -2.01. The van der Waals surface area contributed by atoms with Crippen LogP contribution in [-0.2, 0) is 9.53 Å². The van der Waals surface area contributed by atoms with Crippen LogP contribution in [0.25, 0.3) is 0 Å². The van der Waals surface area contributed by atoms with Gasteiger partial charge in [-0.3, -0.25) is 4.79 Å². The van der Waals surface area contributed by atoms with Gasteiger partial charge in [-0.05, 0) is 29.5 Å². The van der Waals surface area contributed by atoms with Gasteiger partial charge in [0, 0.05) is 0 Å². The molecule has 48 valence electrons. The third-order valence-electron chi connectivity index (χ3n) is 0.569. The first-order valence-corrected chi connectivity index (χ1v) is 3.69. The molecule has 0 saturated heterocycles. The van der Waals surface area contributed by atoms with Gasteiger partial charge in [-0.15, -0.1) is 0 Å². The number of hydrogen-bond donors (Lipinski definition) is 1. The Kier molecular flexibility index (Phi) is 4.16. The lowest BCUT2D eigenvalue weighted by molar-refractivity contribution is -0.142. The molecular weight excluding hydrogens is 221 g/mol. The molecule has 0 amide bonds. The fourth-order valence-electron chi connectivity index (χ4n) is 0.185. The van der Waals surface area contributed by atoms with Crippen LogP contribution in [0, 0.1) is 0 Å². The van der Waals surface area contributed by atoms with Crippen molar-refractivity contribution in [3.8, 4) is 0 Å². The molecule has 8 heavy (non-hydrogen) atoms. The standard InChI is InChI=1S/C4H8INO2/c1-3(6)4(7)8-2-5/h3H,2,6H2,1H3/t3-/m0/s1. The molecule has 0 saturated carbocycles. The topological polar surface area (TPSA) is 52.3 Å². The van der Waals surface area contributed by atoms with Crippen LogP contribution >= 0.6 is 22.6 Å². The minimum atomic E-state index is -0.496. The van der Waals surface area contributed by atoms with Gasteiger partial charge < -0.3 is 10.5 Å². The van der Waals surface area contributed by atoms with Crippen molar-refractivity contribution in [2.45, 2.75) is 13.0 Å². The van der Waals surface area contributed by atoms with E-state index in [1.54, 1.807) is 6.92 Å². The average molecular weight is 229 g/mol. The van der Waals surface area contributed by atoms with E-state index in [1.165, 1.54) is 0 Å². The lowest BCUT2D eigenvalue weighted by Crippen LogP contribution is -2.28. The molecule has 0 unspecified atom stereocenters. The maximum atomic E-state index is 10.4. The smallest absolute Gasteiger partial charge is 0.323 e. The van der Waals surface area contributed by atoms with Gasteiger partial charge >= 0.3 is 5.97 Å². The Labute approximate surface area is 61.7 Å². The molecule has 4 heteroatoms. The number of nitrogens with two attached hydrogens (primary N) is 1. The Balaban J connectivity index is 3.33. The van der Waals surface area contributed by atoms with Crippen LogP contribution in [-0.4, -0.2) is 16.6 Å². The number of alkyl halides is 1. The van der Waals surface area contributed by atoms with E-state index in [-0.39, 0.29) is 5.97 Å². The van der Waals surface area contributed by atoms with Gasteiger partial charge in [0.2, 0.25) is 0 Å². The van der Waals surface area contributed by atoms with Crippen molar-refractivity contribution >= 4 is 28.6 Å². The van der Waals surface area contributed by atoms with Crippen LogP contribution < -0.4 is 5.73 Å². The van der Waals surface area contributed by atoms with E-state index in [2.05, 4.69) is 4.74 Å². The summed E-state index contributed by atoms with van der Waals surface area (Å²) in [6, 6.07) is -0.496. The maximum absolute atomic E-state index is 10.4. The SMILES string of the molecule is C[C@H](N)C(=O)OCI. The Hall–Kier alpha value is 0.160. The Morgan fingerprint density at radius 2 is 2.50 bits per heavy atom. The molecule has 0 aromatic rings. The average Bonchev–Trinajstić information content (AvgIpc) is 1.67. The predicted molar refractivity (Wildman–Crippen MR) is 38.6 cm³/mol. The molecule has 3 nitrogen and oxygen atoms in total. The molecule has 0 fully saturated rings. The highest BCUT2D eigenvalue weighted by Gasteiger charge is 2.05. The van der Waals surface area contributed by atoms with Crippen molar-refractivity contribution in [3.05, 3.63) is 0 Å². The molecule has 0 aromatic heterocycles. The zero-order valence-corrected chi connectivity index (χ0v) is 6.71. The summed E-state index contributed by atoms with van der Waals surface area (Å²) in [6.07, 6.45) is 0. The van der Waals surface area contributed by atoms with E-state index in [9.17, 15) is 4.79 Å². The number of rotatable bonds is 2. The van der Waals surface area contributed by atoms with E-state index in [4.69, 9.17) is 5.73 Å². The summed E-state index contributed by atoms with van der Waals surface area (Å²) in [7, 11) is 0. The molecule has 0 aliphatic heterocycles. The summed E-state index contributed by atoms with van der Waals surface area (Å²) in [5.74, 6) is -0.348. The van der Waals surface area contributed by atoms with E-state index < -0.39 is 6.04 Å². The van der Waals surface area contributed by atoms with Crippen molar-refractivity contribution in [2.24, 2.45) is 5.73 Å². The van der Waals surface area contributed by atoms with Gasteiger partial charge in [-0.2, -0.15) is 0 Å². The van der Waals surface area contributed by atoms with Gasteiger partial charge in [0.05, 0.1) is 0 Å². The quantitative estimate of drug-likeness (QED) is 0.420. The molecule has 0 bridgehead atoms. The molecule has 0 aromatic carbocycles. The summed E-state index contributed by atoms with van der Waals surface area (Å²) in [6.45, 7) is 1.59. The maximum Gasteiger partial charge on any atom is 0.323 e. The van der Waals surface area contributed by atoms with E-state index in [0.29, 0.717) is 4.61 Å². The van der Waals surface area contributed by atoms with Crippen molar-refractivity contribution in [1.29, 1.82) is 0 Å². The second kappa shape index (κ2) is 4.08. The third-order valence-corrected chi connectivity index (χ3v) is 0.880. The van der Waals surface area contributed by atoms with Crippen LogP contribution in [0.1, 0.15) is 6.92 Å². The number of esters is 1. The highest BCUT2D eigenvalue weighted by molar-refractivity contribution is 14.1. The largest absolute Gasteiger partial charge is 0.454 e. The Bertz CT molecular complexity index is 84.1. The zero-order valence-electron chi connectivity index (χ0n) is 4.56. The van der Waals surface area contributed by atoms with Gasteiger partial charge in [-0.25, -0.2) is 0 Å². The number of carbonyl (C=O) groups excluding carboxylic acids is 1. The first-order chi connectivity index (χ1) is 3.68. The molecular formula is C4H8INO2. The Morgan fingerprint density at radius 1 is 2.00 bits per heavy atom. The molecule has 0 aliphatic carbocycles. The highest BCUT2D eigenvalue weighted by Crippen LogP contribution is 1.87. The van der Waals surface area contributed by atoms with Gasteiger partial charge in [0.15, 0.2) is 0 Å². The fraction of sp³-hybridized carbons (Fsp3) is 0.750. The van der Waals surface area contributed by atoms with Gasteiger partial charge in [0.1, 0.15) is 10.7 Å². The molecule has 0 aliphatic rings. The minimum absolute atomic E-state index is 0.348. The monoisotopic (exact) mass is 229 g/mol. The molecule has 0 spiro atoms. The first-order valence-electron chi connectivity index (χ1n) is 2.16. The second-order valence-corrected chi connectivity index (χ2v) is 1.98. The van der Waals surface area contributed by atoms with Crippen molar-refractivity contribution < 1.29 is 9.53 Å². The fourth-order valence-corrected chi connectivity index (χ4v) is 0.492. The van der Waals surface area contributed by atoms with E-state index in [0.717, 1.165) is 0 Å². The molecule has 0 heterocycles. The second-order valence-electron chi connectivity index (χ2n) is 1.36. The number of halogens is 1. The molecule has 1 atom stereocenters. The minimum Gasteiger partial charge on any atom is -0.454 e. The third kappa shape index (κ3) is 3.20. The summed E-state index contributed by atoms with van der Waals surface area (Å²) < 4.78 is 4.90. The van der Waals surface area contributed by atoms with Crippen LogP contribution in [0.2, 0.25) is 0 Å². The van der Waals surface area contributed by atoms with Crippen molar-refractivity contribution in [1.82, 2.24) is 0 Å². The molecule has 2 N–H and O–H groups in total. The predicted octanol–water partition coefficient (Wildman–Crippen LogP) is 0.269. The molecule has 0 rings (SSSR count). The normalized spacial score (nSPS) is 12.9. The summed E-state index contributed by atoms with van der Waals surface area (Å²) >= 11 is 1.94. The van der Waals surface area contributed by atoms with Gasteiger partial charge in [0.25, 0.3) is 0 Å². The highest BCUT2D eigenvalue weighted by atomic mass is 127. The molecule has 0 radical (unpaired) electrons. The first kappa shape index (κ1) is 8.16. The van der Waals surface area contributed by atoms with Gasteiger partial charge in [-0.1, -0.05) is 0 Å². The zero-order chi connectivity index (χ0) is 6.57. The van der Waals surface area contributed by atoms with Crippen molar-refractivity contribution in [2.75, 3.05) is 4.61 Å². The van der Waals surface area contributed by atoms with Crippen LogP contribution in [0.3, 0.4) is 0 Å². The van der Waals surface area contributed by atoms with Crippen LogP contribution in [0.4, 0.5) is 0 Å². The van der Waals surface area contributed by atoms with Crippen molar-refractivity contribution in [3.63, 3.8) is 0 Å². The number of carbonyl (C=O) groups is 1. The Morgan fingerprint density at radius 3 is 2.62 bits per heavy atom. The summed E-state index contributed by atoms with van der Waals surface area (Å²) in [4.78, 5) is 10.4. The van der Waals surface area contributed by atoms with Crippen LogP contribution in [0.5, 0.6) is 0 Å². The van der Waals surface area contributed by atoms with E-state index >= 15 is 0 Å². The lowest BCUT2D eigenvalue weighted by atomic mass is 10.4. The summed E-state index contributed by atoms with van der Waals surface area (Å²) in [5.41, 5.74) is 5.14.